The zero-order chi connectivity index (χ0) is 8.55. The lowest BCUT2D eigenvalue weighted by Gasteiger charge is -2.04. The van der Waals surface area contributed by atoms with Crippen molar-refractivity contribution in [3.8, 4) is 0 Å². The third kappa shape index (κ3) is 0.905. The maximum atomic E-state index is 10.5. The summed E-state index contributed by atoms with van der Waals surface area (Å²) in [7, 11) is 0. The lowest BCUT2D eigenvalue weighted by atomic mass is 10.0. The van der Waals surface area contributed by atoms with Gasteiger partial charge in [0.05, 0.1) is 6.61 Å². The number of benzene rings is 1. The number of hydrogen-bond acceptors (Lipinski definition) is 3. The van der Waals surface area contributed by atoms with Gasteiger partial charge < -0.3 is 15.3 Å². The van der Waals surface area contributed by atoms with E-state index < -0.39 is 6.10 Å². The fourth-order valence-electron chi connectivity index (χ4n) is 1.48. The van der Waals surface area contributed by atoms with Gasteiger partial charge in [0.15, 0.2) is 6.29 Å². The van der Waals surface area contributed by atoms with Gasteiger partial charge >= 0.3 is 0 Å². The number of aldehydes is 1. The number of anilines is 1. The Bertz CT molecular complexity index is 322. The molecule has 0 saturated carbocycles. The fourth-order valence-corrected chi connectivity index (χ4v) is 1.48. The number of nitrogens with two attached hydrogens (primary N) is 1. The van der Waals surface area contributed by atoms with Crippen LogP contribution in [0.1, 0.15) is 17.2 Å². The molecule has 12 heavy (non-hydrogen) atoms. The average Bonchev–Trinajstić information content (AvgIpc) is 2.49. The van der Waals surface area contributed by atoms with Crippen LogP contribution in [0.2, 0.25) is 0 Å². The minimum atomic E-state index is -0.457. The molecule has 1 heterocycles. The Hall–Kier alpha value is -1.35. The smallest absolute Gasteiger partial charge is 0.153 e. The molecular formula is C9H9NO2. The Morgan fingerprint density at radius 3 is 3.17 bits per heavy atom. The standard InChI is InChI=1S/C9H9NO2/c10-7-3-1-2-6-5-12-8(4-11)9(6)7/h1-4,8H,5,10H2. The molecule has 0 radical (unpaired) electrons. The second-order valence-corrected chi connectivity index (χ2v) is 2.79. The van der Waals surface area contributed by atoms with Crippen molar-refractivity contribution in [3.63, 3.8) is 0 Å². The van der Waals surface area contributed by atoms with Crippen LogP contribution in [0.3, 0.4) is 0 Å². The number of fused-ring (bicyclic) bond motifs is 1. The van der Waals surface area contributed by atoms with Crippen molar-refractivity contribution in [2.75, 3.05) is 5.73 Å². The van der Waals surface area contributed by atoms with Gasteiger partial charge in [-0.3, -0.25) is 0 Å². The molecule has 3 heteroatoms. The van der Waals surface area contributed by atoms with Crippen LogP contribution in [0.5, 0.6) is 0 Å². The molecule has 2 N–H and O–H groups in total. The normalized spacial score (nSPS) is 20.5. The molecule has 1 unspecified atom stereocenters. The van der Waals surface area contributed by atoms with Crippen molar-refractivity contribution in [2.45, 2.75) is 12.7 Å². The summed E-state index contributed by atoms with van der Waals surface area (Å²) >= 11 is 0. The summed E-state index contributed by atoms with van der Waals surface area (Å²) in [5.41, 5.74) is 8.20. The summed E-state index contributed by atoms with van der Waals surface area (Å²) in [6.07, 6.45) is 0.323. The molecule has 0 bridgehead atoms. The number of carbonyl (C=O) groups is 1. The highest BCUT2D eigenvalue weighted by molar-refractivity contribution is 5.68. The largest absolute Gasteiger partial charge is 0.398 e. The minimum absolute atomic E-state index is 0.457. The van der Waals surface area contributed by atoms with E-state index in [-0.39, 0.29) is 0 Å². The van der Waals surface area contributed by atoms with Crippen molar-refractivity contribution in [1.29, 1.82) is 0 Å². The molecular weight excluding hydrogens is 154 g/mol. The molecule has 0 aliphatic carbocycles. The first kappa shape index (κ1) is 7.31. The van der Waals surface area contributed by atoms with Gasteiger partial charge in [0.2, 0.25) is 0 Å². The van der Waals surface area contributed by atoms with Crippen LogP contribution in [0.4, 0.5) is 5.69 Å². The van der Waals surface area contributed by atoms with E-state index in [0.29, 0.717) is 12.3 Å². The van der Waals surface area contributed by atoms with Gasteiger partial charge in [0, 0.05) is 11.3 Å². The lowest BCUT2D eigenvalue weighted by molar-refractivity contribution is -0.117. The van der Waals surface area contributed by atoms with Crippen LogP contribution in [-0.2, 0) is 16.1 Å². The summed E-state index contributed by atoms with van der Waals surface area (Å²) in [5.74, 6) is 0. The highest BCUT2D eigenvalue weighted by Crippen LogP contribution is 2.33. The van der Waals surface area contributed by atoms with Gasteiger partial charge in [-0.25, -0.2) is 0 Å². The number of nitrogen functional groups attached to an aromatic ring is 1. The molecule has 0 spiro atoms. The molecule has 1 aliphatic heterocycles. The van der Waals surface area contributed by atoms with E-state index in [9.17, 15) is 4.79 Å². The fraction of sp³-hybridized carbons (Fsp3) is 0.222. The van der Waals surface area contributed by atoms with E-state index >= 15 is 0 Å². The summed E-state index contributed by atoms with van der Waals surface area (Å²) in [4.78, 5) is 10.5. The summed E-state index contributed by atoms with van der Waals surface area (Å²) in [5, 5.41) is 0. The average molecular weight is 163 g/mol. The van der Waals surface area contributed by atoms with Crippen LogP contribution >= 0.6 is 0 Å². The molecule has 1 aromatic rings. The first-order chi connectivity index (χ1) is 5.83. The summed E-state index contributed by atoms with van der Waals surface area (Å²) in [6.45, 7) is 0.490. The van der Waals surface area contributed by atoms with Crippen molar-refractivity contribution < 1.29 is 9.53 Å². The zero-order valence-electron chi connectivity index (χ0n) is 6.49. The van der Waals surface area contributed by atoms with E-state index in [1.807, 2.05) is 12.1 Å². The van der Waals surface area contributed by atoms with Gasteiger partial charge in [-0.15, -0.1) is 0 Å². The van der Waals surface area contributed by atoms with Crippen molar-refractivity contribution in [1.82, 2.24) is 0 Å². The quantitative estimate of drug-likeness (QED) is 0.497. The molecule has 1 atom stereocenters. The molecule has 3 nitrogen and oxygen atoms in total. The molecule has 0 aromatic heterocycles. The highest BCUT2D eigenvalue weighted by Gasteiger charge is 2.24. The van der Waals surface area contributed by atoms with Crippen molar-refractivity contribution in [2.24, 2.45) is 0 Å². The Morgan fingerprint density at radius 1 is 1.58 bits per heavy atom. The molecule has 2 rings (SSSR count). The third-order valence-corrected chi connectivity index (χ3v) is 2.06. The SMILES string of the molecule is Nc1cccc2c1C(C=O)OC2. The monoisotopic (exact) mass is 163 g/mol. The van der Waals surface area contributed by atoms with Gasteiger partial charge in [0.25, 0.3) is 0 Å². The van der Waals surface area contributed by atoms with E-state index in [1.165, 1.54) is 0 Å². The lowest BCUT2D eigenvalue weighted by Crippen LogP contribution is -2.00. The maximum absolute atomic E-state index is 10.5. The second kappa shape index (κ2) is 2.60. The van der Waals surface area contributed by atoms with E-state index in [4.69, 9.17) is 10.5 Å². The van der Waals surface area contributed by atoms with E-state index in [1.54, 1.807) is 6.07 Å². The molecule has 1 aromatic carbocycles. The number of hydrogen-bond donors (Lipinski definition) is 1. The summed E-state index contributed by atoms with van der Waals surface area (Å²) < 4.78 is 5.21. The van der Waals surface area contributed by atoms with Gasteiger partial charge in [-0.2, -0.15) is 0 Å². The first-order valence-corrected chi connectivity index (χ1v) is 3.77. The van der Waals surface area contributed by atoms with Crippen LogP contribution < -0.4 is 5.73 Å². The molecule has 62 valence electrons. The topological polar surface area (TPSA) is 52.3 Å². The minimum Gasteiger partial charge on any atom is -0.398 e. The zero-order valence-corrected chi connectivity index (χ0v) is 6.49. The van der Waals surface area contributed by atoms with Crippen LogP contribution in [0.25, 0.3) is 0 Å². The second-order valence-electron chi connectivity index (χ2n) is 2.79. The third-order valence-electron chi connectivity index (χ3n) is 2.06. The summed E-state index contributed by atoms with van der Waals surface area (Å²) in [6, 6.07) is 5.57. The Balaban J connectivity index is 2.55. The molecule has 0 amide bonds. The van der Waals surface area contributed by atoms with Gasteiger partial charge in [-0.1, -0.05) is 12.1 Å². The van der Waals surface area contributed by atoms with E-state index in [2.05, 4.69) is 0 Å². The van der Waals surface area contributed by atoms with Gasteiger partial charge in [-0.05, 0) is 11.6 Å². The molecule has 1 aliphatic rings. The predicted octanol–water partition coefficient (Wildman–Crippen LogP) is 1.04. The number of ether oxygens (including phenoxy) is 1. The van der Waals surface area contributed by atoms with E-state index in [0.717, 1.165) is 17.4 Å². The van der Waals surface area contributed by atoms with Crippen LogP contribution in [0.15, 0.2) is 18.2 Å². The first-order valence-electron chi connectivity index (χ1n) is 3.77. The Labute approximate surface area is 70.1 Å². The maximum Gasteiger partial charge on any atom is 0.153 e. The molecule has 0 fully saturated rings. The highest BCUT2D eigenvalue weighted by atomic mass is 16.5. The van der Waals surface area contributed by atoms with Crippen LogP contribution in [0, 0.1) is 0 Å². The van der Waals surface area contributed by atoms with Crippen molar-refractivity contribution >= 4 is 12.0 Å². The number of carbonyl (C=O) groups excluding carboxylic acids is 1. The Morgan fingerprint density at radius 2 is 2.42 bits per heavy atom. The van der Waals surface area contributed by atoms with Crippen LogP contribution in [-0.4, -0.2) is 6.29 Å². The molecule has 0 saturated heterocycles. The van der Waals surface area contributed by atoms with Gasteiger partial charge in [0.1, 0.15) is 6.10 Å². The Kier molecular flexibility index (Phi) is 1.59. The van der Waals surface area contributed by atoms with Crippen molar-refractivity contribution in [3.05, 3.63) is 29.3 Å². The predicted molar refractivity (Wildman–Crippen MR) is 44.4 cm³/mol. The number of rotatable bonds is 1.